The smallest absolute Gasteiger partial charge is 0.340 e. The fourth-order valence-corrected chi connectivity index (χ4v) is 9.42. The van der Waals surface area contributed by atoms with Gasteiger partial charge in [-0.05, 0) is 97.1 Å². The Kier molecular flexibility index (Phi) is 19.7. The maximum atomic E-state index is 14.7. The normalized spacial score (nSPS) is 21.3. The van der Waals surface area contributed by atoms with E-state index in [0.717, 1.165) is 0 Å². The maximum absolute atomic E-state index is 14.7. The molecule has 2 saturated heterocycles. The molecular weight excluding hydrogens is 1120 g/mol. The molecule has 19 nitrogen and oxygen atoms in total. The molecule has 440 valence electrons. The number of esters is 8. The summed E-state index contributed by atoms with van der Waals surface area (Å²) in [6, 6.07) is 61.7. The Hall–Kier alpha value is -10.6. The first kappa shape index (κ1) is 59.6. The first-order chi connectivity index (χ1) is 42.5. The molecule has 10 atom stereocenters. The Morgan fingerprint density at radius 1 is 0.241 bits per heavy atom. The van der Waals surface area contributed by atoms with Crippen molar-refractivity contribution in [1.82, 2.24) is 0 Å². The highest BCUT2D eigenvalue weighted by Crippen LogP contribution is 2.37. The summed E-state index contributed by atoms with van der Waals surface area (Å²) in [5.41, 5.74) is 0.168. The molecule has 8 aromatic rings. The van der Waals surface area contributed by atoms with Crippen molar-refractivity contribution in [2.45, 2.75) is 61.4 Å². The molecule has 0 radical (unpaired) electrons. The van der Waals surface area contributed by atoms with Crippen molar-refractivity contribution in [1.29, 1.82) is 0 Å². The number of ether oxygens (including phenoxy) is 11. The van der Waals surface area contributed by atoms with Crippen LogP contribution in [0, 0.1) is 0 Å². The fourth-order valence-electron chi connectivity index (χ4n) is 9.42. The third kappa shape index (κ3) is 15.2. The number of benzene rings is 8. The van der Waals surface area contributed by atoms with Crippen molar-refractivity contribution in [3.8, 4) is 0 Å². The van der Waals surface area contributed by atoms with Crippen molar-refractivity contribution in [2.75, 3.05) is 13.2 Å². The second kappa shape index (κ2) is 28.8. The van der Waals surface area contributed by atoms with E-state index in [1.165, 1.54) is 97.1 Å². The zero-order valence-corrected chi connectivity index (χ0v) is 46.0. The third-order valence-electron chi connectivity index (χ3n) is 13.7. The van der Waals surface area contributed by atoms with Gasteiger partial charge >= 0.3 is 47.8 Å². The van der Waals surface area contributed by atoms with Gasteiger partial charge < -0.3 is 52.1 Å². The number of rotatable bonds is 20. The molecule has 2 heterocycles. The van der Waals surface area contributed by atoms with Crippen LogP contribution in [-0.2, 0) is 52.1 Å². The first-order valence-electron chi connectivity index (χ1n) is 27.4. The van der Waals surface area contributed by atoms with Crippen LogP contribution < -0.4 is 0 Å². The minimum atomic E-state index is -2.13. The molecule has 5 unspecified atom stereocenters. The lowest BCUT2D eigenvalue weighted by Crippen LogP contribution is -2.67. The minimum absolute atomic E-state index is 0.00860. The molecule has 0 amide bonds. The average molecular weight is 1180 g/mol. The van der Waals surface area contributed by atoms with Gasteiger partial charge in [0, 0.05) is 0 Å². The second-order valence-electron chi connectivity index (χ2n) is 19.6. The second-order valence-corrected chi connectivity index (χ2v) is 19.6. The van der Waals surface area contributed by atoms with Gasteiger partial charge in [0.1, 0.15) is 31.5 Å². The van der Waals surface area contributed by atoms with Crippen LogP contribution in [-0.4, -0.2) is 122 Å². The molecule has 2 aliphatic heterocycles. The van der Waals surface area contributed by atoms with Gasteiger partial charge in [-0.15, -0.1) is 0 Å². The van der Waals surface area contributed by atoms with Crippen LogP contribution in [0.15, 0.2) is 243 Å². The molecule has 19 heteroatoms. The van der Waals surface area contributed by atoms with Gasteiger partial charge in [0.15, 0.2) is 30.7 Å². The van der Waals surface area contributed by atoms with Gasteiger partial charge in [-0.1, -0.05) is 146 Å². The predicted molar refractivity (Wildman–Crippen MR) is 306 cm³/mol. The minimum Gasteiger partial charge on any atom is -0.459 e. The molecule has 0 aromatic heterocycles. The molecule has 87 heavy (non-hydrogen) atoms. The molecular formula is C68H54O19. The summed E-state index contributed by atoms with van der Waals surface area (Å²) in [5.74, 6) is -7.88. The van der Waals surface area contributed by atoms with Gasteiger partial charge in [0.2, 0.25) is 12.4 Å². The lowest BCUT2D eigenvalue weighted by molar-refractivity contribution is -0.351. The summed E-state index contributed by atoms with van der Waals surface area (Å²) in [4.78, 5) is 115. The zero-order chi connectivity index (χ0) is 60.5. The lowest BCUT2D eigenvalue weighted by Gasteiger charge is -2.48. The van der Waals surface area contributed by atoms with Crippen LogP contribution in [0.5, 0.6) is 0 Å². The Balaban J connectivity index is 1.14. The number of carbonyl (C=O) groups excluding carboxylic acids is 8. The van der Waals surface area contributed by atoms with Crippen LogP contribution in [0.25, 0.3) is 0 Å². The Morgan fingerprint density at radius 3 is 0.770 bits per heavy atom. The van der Waals surface area contributed by atoms with Gasteiger partial charge in [-0.3, -0.25) is 0 Å². The molecule has 0 bridgehead atoms. The van der Waals surface area contributed by atoms with Crippen LogP contribution in [0.1, 0.15) is 82.9 Å². The Labute approximate surface area is 498 Å². The first-order valence-corrected chi connectivity index (χ1v) is 27.4. The quantitative estimate of drug-likeness (QED) is 0.0510. The summed E-state index contributed by atoms with van der Waals surface area (Å²) < 4.78 is 69.7. The van der Waals surface area contributed by atoms with E-state index in [-0.39, 0.29) is 44.5 Å². The van der Waals surface area contributed by atoms with Crippen molar-refractivity contribution < 1.29 is 90.5 Å². The van der Waals surface area contributed by atoms with E-state index in [0.29, 0.717) is 0 Å². The van der Waals surface area contributed by atoms with Gasteiger partial charge in [-0.2, -0.15) is 0 Å². The fraction of sp³-hybridized carbons (Fsp3) is 0.176. The van der Waals surface area contributed by atoms with Gasteiger partial charge in [-0.25, -0.2) is 38.4 Å². The molecule has 10 rings (SSSR count). The van der Waals surface area contributed by atoms with E-state index in [2.05, 4.69) is 0 Å². The molecule has 2 fully saturated rings. The summed E-state index contributed by atoms with van der Waals surface area (Å²) >= 11 is 0. The Morgan fingerprint density at radius 2 is 0.460 bits per heavy atom. The summed E-state index contributed by atoms with van der Waals surface area (Å²) in [6.07, 6.45) is -19.4. The standard InChI is InChI=1S/C68H54O19/c69-59(43-25-9-1-10-26-43)77-41-51-53(81-61(71)45-29-13-3-14-30-45)55(82-62(72)46-31-15-4-16-32-46)57(84-64(74)48-35-19-6-20-36-48)67(79-51)86-54-52(42-78-60(70)44-27-11-2-12-28-44)80-68(87-66(76)50-39-23-8-24-40-50)58(85-65(75)49-37-21-7-22-38-49)56(54)83-63(73)47-33-17-5-18-34-47/h1-40,51-58,67-68H,41-42H2/t51?,52?,53-,54+,55-,56?,57?,58?,67-,68-/m0/s1. The largest absolute Gasteiger partial charge is 0.459 e. The maximum Gasteiger partial charge on any atom is 0.340 e. The summed E-state index contributed by atoms with van der Waals surface area (Å²) in [6.45, 7) is -1.58. The predicted octanol–water partition coefficient (Wildman–Crippen LogP) is 9.52. The molecule has 0 N–H and O–H groups in total. The highest BCUT2D eigenvalue weighted by atomic mass is 16.8. The molecule has 2 aliphatic rings. The van der Waals surface area contributed by atoms with E-state index in [1.807, 2.05) is 0 Å². The van der Waals surface area contributed by atoms with E-state index in [9.17, 15) is 38.4 Å². The van der Waals surface area contributed by atoms with E-state index in [4.69, 9.17) is 52.1 Å². The van der Waals surface area contributed by atoms with Crippen LogP contribution in [0.3, 0.4) is 0 Å². The number of hydrogen-bond donors (Lipinski definition) is 0. The SMILES string of the molecule is O=C(OCC1O[C@@H](OC(=O)c2ccccc2)C(OC(=O)c2ccccc2)C(OC(=O)c2ccccc2)[C@@H]1O[C@@H]1OC(COC(=O)c2ccccc2)[C@H](OC(=O)c2ccccc2)[C@H](OC(=O)c2ccccc2)C1OC(=O)c1ccccc1)c1ccccc1. The van der Waals surface area contributed by atoms with Crippen molar-refractivity contribution >= 4 is 47.8 Å². The third-order valence-corrected chi connectivity index (χ3v) is 13.7. The van der Waals surface area contributed by atoms with Crippen molar-refractivity contribution in [2.24, 2.45) is 0 Å². The summed E-state index contributed by atoms with van der Waals surface area (Å²) in [7, 11) is 0. The molecule has 8 aromatic carbocycles. The van der Waals surface area contributed by atoms with Crippen LogP contribution >= 0.6 is 0 Å². The zero-order valence-electron chi connectivity index (χ0n) is 46.0. The molecule has 0 saturated carbocycles. The van der Waals surface area contributed by atoms with E-state index >= 15 is 0 Å². The lowest BCUT2D eigenvalue weighted by atomic mass is 9.95. The number of carbonyl (C=O) groups is 8. The average Bonchev–Trinajstić information content (AvgIpc) is 1.99. The van der Waals surface area contributed by atoms with Crippen molar-refractivity contribution in [3.05, 3.63) is 287 Å². The highest BCUT2D eigenvalue weighted by molar-refractivity contribution is 5.93. The van der Waals surface area contributed by atoms with E-state index < -0.39 is 122 Å². The number of hydrogen-bond acceptors (Lipinski definition) is 19. The monoisotopic (exact) mass is 1170 g/mol. The highest BCUT2D eigenvalue weighted by Gasteiger charge is 2.59. The van der Waals surface area contributed by atoms with Gasteiger partial charge in [0.25, 0.3) is 0 Å². The molecule has 0 aliphatic carbocycles. The van der Waals surface area contributed by atoms with Crippen LogP contribution in [0.2, 0.25) is 0 Å². The van der Waals surface area contributed by atoms with E-state index in [1.54, 1.807) is 146 Å². The topological polar surface area (TPSA) is 238 Å². The van der Waals surface area contributed by atoms with Crippen LogP contribution in [0.4, 0.5) is 0 Å². The summed E-state index contributed by atoms with van der Waals surface area (Å²) in [5, 5.41) is 0. The van der Waals surface area contributed by atoms with Crippen molar-refractivity contribution in [3.63, 3.8) is 0 Å². The van der Waals surface area contributed by atoms with Gasteiger partial charge in [0.05, 0.1) is 44.5 Å². The Bertz CT molecular complexity index is 3620. The molecule has 0 spiro atoms.